The Bertz CT molecular complexity index is 1250. The van der Waals surface area contributed by atoms with Crippen LogP contribution in [-0.2, 0) is 16.6 Å². The van der Waals surface area contributed by atoms with Gasteiger partial charge >= 0.3 is 0 Å². The van der Waals surface area contributed by atoms with Crippen LogP contribution in [0.1, 0.15) is 22.8 Å². The molecule has 0 aliphatic carbocycles. The zero-order valence-electron chi connectivity index (χ0n) is 19.6. The first-order chi connectivity index (χ1) is 16.3. The molecule has 0 radical (unpaired) electrons. The van der Waals surface area contributed by atoms with Gasteiger partial charge in [-0.15, -0.1) is 0 Å². The van der Waals surface area contributed by atoms with Crippen LogP contribution in [0, 0.1) is 0 Å². The van der Waals surface area contributed by atoms with Crippen LogP contribution >= 0.6 is 0 Å². The predicted octanol–water partition coefficient (Wildman–Crippen LogP) is 4.18. The molecule has 3 aromatic carbocycles. The van der Waals surface area contributed by atoms with Gasteiger partial charge in [0.2, 0.25) is 10.0 Å². The highest BCUT2D eigenvalue weighted by molar-refractivity contribution is 7.89. The highest BCUT2D eigenvalue weighted by Gasteiger charge is 2.22. The summed E-state index contributed by atoms with van der Waals surface area (Å²) in [4.78, 5) is 13.1. The Morgan fingerprint density at radius 3 is 2.24 bits per heavy atom. The molecule has 0 saturated carbocycles. The van der Waals surface area contributed by atoms with Crippen LogP contribution < -0.4 is 19.5 Å². The van der Waals surface area contributed by atoms with E-state index in [0.29, 0.717) is 40.7 Å². The van der Waals surface area contributed by atoms with Crippen molar-refractivity contribution in [2.75, 3.05) is 33.2 Å². The van der Waals surface area contributed by atoms with Gasteiger partial charge in [-0.3, -0.25) is 4.79 Å². The summed E-state index contributed by atoms with van der Waals surface area (Å²) >= 11 is 0. The molecular weight excluding hydrogens is 456 g/mol. The molecule has 0 aliphatic rings. The molecule has 9 heteroatoms. The minimum Gasteiger partial charge on any atom is -0.494 e. The fraction of sp³-hybridized carbons (Fsp3) is 0.240. The van der Waals surface area contributed by atoms with Crippen molar-refractivity contribution in [3.8, 4) is 17.2 Å². The van der Waals surface area contributed by atoms with E-state index in [9.17, 15) is 13.2 Å². The van der Waals surface area contributed by atoms with Crippen molar-refractivity contribution < 1.29 is 27.4 Å². The molecule has 3 aromatic rings. The molecule has 3 rings (SSSR count). The van der Waals surface area contributed by atoms with Gasteiger partial charge in [0.25, 0.3) is 5.91 Å². The van der Waals surface area contributed by atoms with Crippen LogP contribution in [0.3, 0.4) is 0 Å². The van der Waals surface area contributed by atoms with Crippen molar-refractivity contribution in [1.29, 1.82) is 0 Å². The molecule has 1 amide bonds. The molecule has 180 valence electrons. The number of benzene rings is 3. The summed E-state index contributed by atoms with van der Waals surface area (Å²) in [5.74, 6) is 1.19. The molecule has 0 aromatic heterocycles. The fourth-order valence-electron chi connectivity index (χ4n) is 3.36. The second-order valence-electron chi connectivity index (χ2n) is 7.35. The van der Waals surface area contributed by atoms with Crippen LogP contribution in [0.4, 0.5) is 5.69 Å². The summed E-state index contributed by atoms with van der Waals surface area (Å²) in [6, 6.07) is 18.2. The number of carbonyl (C=O) groups excluding carboxylic acids is 1. The van der Waals surface area contributed by atoms with Gasteiger partial charge < -0.3 is 19.5 Å². The molecular formula is C25H28N2O6S. The number of ether oxygens (including phenoxy) is 3. The average molecular weight is 485 g/mol. The van der Waals surface area contributed by atoms with E-state index in [-0.39, 0.29) is 17.3 Å². The molecule has 34 heavy (non-hydrogen) atoms. The van der Waals surface area contributed by atoms with Gasteiger partial charge in [0.05, 0.1) is 25.7 Å². The first-order valence-electron chi connectivity index (χ1n) is 10.6. The first-order valence-corrected chi connectivity index (χ1v) is 12.0. The number of hydrogen-bond donors (Lipinski definition) is 1. The van der Waals surface area contributed by atoms with Crippen molar-refractivity contribution in [2.45, 2.75) is 18.4 Å². The molecule has 1 N–H and O–H groups in total. The highest BCUT2D eigenvalue weighted by Crippen LogP contribution is 2.30. The third-order valence-electron chi connectivity index (χ3n) is 5.11. The average Bonchev–Trinajstić information content (AvgIpc) is 2.85. The molecule has 0 heterocycles. The Balaban J connectivity index is 1.86. The molecule has 0 saturated heterocycles. The summed E-state index contributed by atoms with van der Waals surface area (Å²) in [5.41, 5.74) is 1.46. The van der Waals surface area contributed by atoms with Crippen molar-refractivity contribution in [2.24, 2.45) is 0 Å². The predicted molar refractivity (Wildman–Crippen MR) is 130 cm³/mol. The molecule has 0 unspecified atom stereocenters. The maximum absolute atomic E-state index is 13.0. The van der Waals surface area contributed by atoms with Gasteiger partial charge in [0.15, 0.2) is 11.5 Å². The molecule has 8 nitrogen and oxygen atoms in total. The van der Waals surface area contributed by atoms with Crippen molar-refractivity contribution >= 4 is 21.6 Å². The number of carbonyl (C=O) groups is 1. The summed E-state index contributed by atoms with van der Waals surface area (Å²) in [7, 11) is 0.831. The van der Waals surface area contributed by atoms with Gasteiger partial charge in [0.1, 0.15) is 5.75 Å². The number of nitrogens with one attached hydrogen (secondary N) is 1. The van der Waals surface area contributed by atoms with Gasteiger partial charge in [-0.2, -0.15) is 4.31 Å². The summed E-state index contributed by atoms with van der Waals surface area (Å²) < 4.78 is 43.3. The largest absolute Gasteiger partial charge is 0.494 e. The van der Waals surface area contributed by atoms with E-state index in [1.807, 2.05) is 6.92 Å². The van der Waals surface area contributed by atoms with Crippen LogP contribution in [0.15, 0.2) is 71.6 Å². The summed E-state index contributed by atoms with van der Waals surface area (Å²) in [6.07, 6.45) is 0. The Morgan fingerprint density at radius 2 is 1.59 bits per heavy atom. The van der Waals surface area contributed by atoms with E-state index < -0.39 is 10.0 Å². The molecule has 0 spiro atoms. The quantitative estimate of drug-likeness (QED) is 0.464. The van der Waals surface area contributed by atoms with E-state index in [2.05, 4.69) is 5.32 Å². The van der Waals surface area contributed by atoms with Gasteiger partial charge in [-0.1, -0.05) is 18.2 Å². The molecule has 0 fully saturated rings. The molecule has 0 bridgehead atoms. The maximum atomic E-state index is 13.0. The zero-order valence-corrected chi connectivity index (χ0v) is 20.4. The number of rotatable bonds is 10. The van der Waals surface area contributed by atoms with E-state index in [4.69, 9.17) is 14.2 Å². The molecule has 0 aliphatic heterocycles. The monoisotopic (exact) mass is 484 g/mol. The van der Waals surface area contributed by atoms with E-state index in [1.54, 1.807) is 66.7 Å². The Labute approximate surface area is 200 Å². The lowest BCUT2D eigenvalue weighted by molar-refractivity contribution is 0.102. The van der Waals surface area contributed by atoms with Crippen LogP contribution in [0.2, 0.25) is 0 Å². The zero-order chi connectivity index (χ0) is 24.7. The maximum Gasteiger partial charge on any atom is 0.255 e. The second-order valence-corrected chi connectivity index (χ2v) is 9.40. The van der Waals surface area contributed by atoms with E-state index >= 15 is 0 Å². The van der Waals surface area contributed by atoms with Gasteiger partial charge in [-0.25, -0.2) is 8.42 Å². The number of hydrogen-bond acceptors (Lipinski definition) is 6. The van der Waals surface area contributed by atoms with E-state index in [0.717, 1.165) is 0 Å². The third kappa shape index (κ3) is 5.67. The lowest BCUT2D eigenvalue weighted by atomic mass is 10.1. The minimum atomic E-state index is -3.71. The first kappa shape index (κ1) is 25.1. The molecule has 0 atom stereocenters. The number of nitrogens with zero attached hydrogens (tertiary/aromatic N) is 1. The Hall–Kier alpha value is -3.56. The van der Waals surface area contributed by atoms with E-state index in [1.165, 1.54) is 25.6 Å². The number of sulfonamides is 1. The number of methoxy groups -OCH3 is 2. The number of amides is 1. The SMILES string of the molecule is CCOc1ccc(C(=O)Nc2ccc(OC)c(OC)c2)cc1CN(C)S(=O)(=O)c1ccccc1. The van der Waals surface area contributed by atoms with Crippen LogP contribution in [-0.4, -0.2) is 46.5 Å². The highest BCUT2D eigenvalue weighted by atomic mass is 32.2. The summed E-state index contributed by atoms with van der Waals surface area (Å²) in [6.45, 7) is 2.27. The summed E-state index contributed by atoms with van der Waals surface area (Å²) in [5, 5.41) is 2.83. The Morgan fingerprint density at radius 1 is 0.912 bits per heavy atom. The standard InChI is InChI=1S/C25H28N2O6S/c1-5-33-22-13-11-18(25(28)26-20-12-14-23(31-3)24(16-20)32-4)15-19(22)17-27(2)34(29,30)21-9-7-6-8-10-21/h6-16H,5,17H2,1-4H3,(H,26,28). The normalized spacial score (nSPS) is 11.2. The second kappa shape index (κ2) is 11.0. The smallest absolute Gasteiger partial charge is 0.255 e. The fourth-order valence-corrected chi connectivity index (χ4v) is 4.53. The van der Waals surface area contributed by atoms with Gasteiger partial charge in [-0.05, 0) is 49.4 Å². The van der Waals surface area contributed by atoms with Gasteiger partial charge in [0, 0.05) is 36.5 Å². The van der Waals surface area contributed by atoms with Crippen molar-refractivity contribution in [1.82, 2.24) is 4.31 Å². The lowest BCUT2D eigenvalue weighted by Crippen LogP contribution is -2.27. The van der Waals surface area contributed by atoms with Crippen molar-refractivity contribution in [3.05, 3.63) is 77.9 Å². The Kier molecular flexibility index (Phi) is 8.14. The van der Waals surface area contributed by atoms with Crippen molar-refractivity contribution in [3.63, 3.8) is 0 Å². The minimum absolute atomic E-state index is 0.0318. The van der Waals surface area contributed by atoms with Crippen LogP contribution in [0.25, 0.3) is 0 Å². The number of anilines is 1. The topological polar surface area (TPSA) is 94.2 Å². The lowest BCUT2D eigenvalue weighted by Gasteiger charge is -2.20. The third-order valence-corrected chi connectivity index (χ3v) is 6.93. The van der Waals surface area contributed by atoms with Crippen LogP contribution in [0.5, 0.6) is 17.2 Å².